The monoisotopic (exact) mass is 220 g/mol. The minimum Gasteiger partial charge on any atom is -0.299 e. The first-order valence-corrected chi connectivity index (χ1v) is 6.66. The van der Waals surface area contributed by atoms with Crippen LogP contribution in [0, 0.1) is 23.2 Å². The lowest BCUT2D eigenvalue weighted by Gasteiger charge is -2.47. The highest BCUT2D eigenvalue weighted by atomic mass is 16.1. The molecule has 2 aliphatic carbocycles. The van der Waals surface area contributed by atoms with Gasteiger partial charge in [-0.25, -0.2) is 0 Å². The minimum absolute atomic E-state index is 0.224. The van der Waals surface area contributed by atoms with Crippen LogP contribution in [0.5, 0.6) is 0 Å². The van der Waals surface area contributed by atoms with E-state index in [0.29, 0.717) is 17.6 Å². The van der Waals surface area contributed by atoms with Crippen LogP contribution in [-0.4, -0.2) is 5.78 Å². The molecule has 0 spiro atoms. The lowest BCUT2D eigenvalue weighted by Crippen LogP contribution is -2.45. The number of hydrogen-bond donors (Lipinski definition) is 0. The highest BCUT2D eigenvalue weighted by Gasteiger charge is 2.47. The van der Waals surface area contributed by atoms with Crippen LogP contribution in [-0.2, 0) is 4.79 Å². The van der Waals surface area contributed by atoms with Crippen molar-refractivity contribution in [3.05, 3.63) is 11.6 Å². The molecule has 0 bridgehead atoms. The first kappa shape index (κ1) is 11.9. The Kier molecular flexibility index (Phi) is 2.98. The molecule has 1 nitrogen and oxygen atoms in total. The van der Waals surface area contributed by atoms with E-state index in [0.717, 1.165) is 6.42 Å². The smallest absolute Gasteiger partial charge is 0.143 e. The lowest BCUT2D eigenvalue weighted by atomic mass is 9.56. The van der Waals surface area contributed by atoms with Crippen LogP contribution in [0.2, 0.25) is 0 Å². The van der Waals surface area contributed by atoms with Gasteiger partial charge in [-0.1, -0.05) is 32.4 Å². The Morgan fingerprint density at radius 1 is 1.38 bits per heavy atom. The van der Waals surface area contributed by atoms with E-state index in [-0.39, 0.29) is 11.3 Å². The summed E-state index contributed by atoms with van der Waals surface area (Å²) in [6.07, 6.45) is 6.99. The summed E-state index contributed by atoms with van der Waals surface area (Å²) >= 11 is 0. The van der Waals surface area contributed by atoms with Crippen molar-refractivity contribution in [3.8, 4) is 0 Å². The molecule has 2 aliphatic rings. The van der Waals surface area contributed by atoms with Crippen molar-refractivity contribution >= 4 is 5.78 Å². The van der Waals surface area contributed by atoms with Crippen molar-refractivity contribution in [3.63, 3.8) is 0 Å². The van der Waals surface area contributed by atoms with Crippen molar-refractivity contribution in [1.82, 2.24) is 0 Å². The Morgan fingerprint density at radius 2 is 2.06 bits per heavy atom. The van der Waals surface area contributed by atoms with E-state index < -0.39 is 0 Å². The quantitative estimate of drug-likeness (QED) is 0.611. The number of hydrogen-bond acceptors (Lipinski definition) is 1. The Morgan fingerprint density at radius 3 is 2.69 bits per heavy atom. The van der Waals surface area contributed by atoms with Crippen LogP contribution in [0.25, 0.3) is 0 Å². The van der Waals surface area contributed by atoms with Gasteiger partial charge in [-0.05, 0) is 43.9 Å². The van der Waals surface area contributed by atoms with Crippen LogP contribution < -0.4 is 0 Å². The van der Waals surface area contributed by atoms with Crippen molar-refractivity contribution in [1.29, 1.82) is 0 Å². The molecule has 0 aromatic carbocycles. The van der Waals surface area contributed by atoms with Crippen LogP contribution in [0.15, 0.2) is 11.6 Å². The molecule has 0 aromatic rings. The highest BCUT2D eigenvalue weighted by Crippen LogP contribution is 2.51. The van der Waals surface area contributed by atoms with Crippen molar-refractivity contribution < 1.29 is 4.79 Å². The minimum atomic E-state index is 0.224. The van der Waals surface area contributed by atoms with Gasteiger partial charge < -0.3 is 0 Å². The summed E-state index contributed by atoms with van der Waals surface area (Å²) < 4.78 is 0. The maximum absolute atomic E-state index is 12.6. The first-order chi connectivity index (χ1) is 7.46. The second-order valence-corrected chi connectivity index (χ2v) is 6.37. The number of rotatable bonds is 1. The zero-order valence-corrected chi connectivity index (χ0v) is 11.0. The molecule has 0 heterocycles. The van der Waals surface area contributed by atoms with E-state index in [1.165, 1.54) is 24.8 Å². The first-order valence-electron chi connectivity index (χ1n) is 6.66. The number of carbonyl (C=O) groups excluding carboxylic acids is 1. The molecule has 0 radical (unpaired) electrons. The predicted molar refractivity (Wildman–Crippen MR) is 67.2 cm³/mol. The van der Waals surface area contributed by atoms with Crippen LogP contribution in [0.4, 0.5) is 0 Å². The van der Waals surface area contributed by atoms with E-state index in [9.17, 15) is 4.79 Å². The largest absolute Gasteiger partial charge is 0.299 e. The zero-order chi connectivity index (χ0) is 11.9. The number of allylic oxidation sites excluding steroid dienone is 2. The third-order valence-electron chi connectivity index (χ3n) is 4.82. The van der Waals surface area contributed by atoms with Gasteiger partial charge in [0.15, 0.2) is 0 Å². The molecule has 3 atom stereocenters. The molecule has 1 fully saturated rings. The SMILES string of the molecule is CC1=CCCC2(C)CCC(C(C)C)C(=O)C12. The van der Waals surface area contributed by atoms with E-state index >= 15 is 0 Å². The Labute approximate surface area is 99.3 Å². The van der Waals surface area contributed by atoms with E-state index in [1.807, 2.05) is 0 Å². The highest BCUT2D eigenvalue weighted by molar-refractivity contribution is 5.88. The van der Waals surface area contributed by atoms with Crippen molar-refractivity contribution in [2.45, 2.75) is 53.4 Å². The summed E-state index contributed by atoms with van der Waals surface area (Å²) in [6, 6.07) is 0. The molecular formula is C15H24O. The molecule has 1 heteroatoms. The molecular weight excluding hydrogens is 196 g/mol. The maximum atomic E-state index is 12.6. The molecule has 0 aliphatic heterocycles. The van der Waals surface area contributed by atoms with Gasteiger partial charge in [0.05, 0.1) is 0 Å². The van der Waals surface area contributed by atoms with Gasteiger partial charge in [0.1, 0.15) is 5.78 Å². The van der Waals surface area contributed by atoms with Gasteiger partial charge >= 0.3 is 0 Å². The summed E-state index contributed by atoms with van der Waals surface area (Å²) in [7, 11) is 0. The van der Waals surface area contributed by atoms with Gasteiger partial charge in [0, 0.05) is 11.8 Å². The van der Waals surface area contributed by atoms with Crippen molar-refractivity contribution in [2.75, 3.05) is 0 Å². The Hall–Kier alpha value is -0.590. The number of Topliss-reactive ketones (excluding diaryl/α,β-unsaturated/α-hetero) is 1. The lowest BCUT2D eigenvalue weighted by molar-refractivity contribution is -0.135. The van der Waals surface area contributed by atoms with E-state index in [4.69, 9.17) is 0 Å². The third kappa shape index (κ3) is 1.74. The predicted octanol–water partition coefficient (Wildman–Crippen LogP) is 3.98. The third-order valence-corrected chi connectivity index (χ3v) is 4.82. The molecule has 0 saturated heterocycles. The summed E-state index contributed by atoms with van der Waals surface area (Å²) in [5.74, 6) is 1.56. The fourth-order valence-corrected chi connectivity index (χ4v) is 3.78. The average molecular weight is 220 g/mol. The molecule has 1 saturated carbocycles. The Bertz CT molecular complexity index is 326. The number of carbonyl (C=O) groups is 1. The van der Waals surface area contributed by atoms with Crippen LogP contribution in [0.3, 0.4) is 0 Å². The summed E-state index contributed by atoms with van der Waals surface area (Å²) in [5.41, 5.74) is 1.60. The fraction of sp³-hybridized carbons (Fsp3) is 0.800. The van der Waals surface area contributed by atoms with Gasteiger partial charge in [-0.3, -0.25) is 4.79 Å². The van der Waals surface area contributed by atoms with Crippen LogP contribution in [0.1, 0.15) is 53.4 Å². The molecule has 16 heavy (non-hydrogen) atoms. The maximum Gasteiger partial charge on any atom is 0.143 e. The zero-order valence-electron chi connectivity index (χ0n) is 11.0. The summed E-state index contributed by atoms with van der Waals surface area (Å²) in [4.78, 5) is 12.6. The molecule has 3 unspecified atom stereocenters. The second-order valence-electron chi connectivity index (χ2n) is 6.37. The molecule has 0 N–H and O–H groups in total. The summed E-state index contributed by atoms with van der Waals surface area (Å²) in [5, 5.41) is 0. The molecule has 90 valence electrons. The van der Waals surface area contributed by atoms with Crippen LogP contribution >= 0.6 is 0 Å². The topological polar surface area (TPSA) is 17.1 Å². The normalized spacial score (nSPS) is 39.6. The van der Waals surface area contributed by atoms with Gasteiger partial charge in [0.2, 0.25) is 0 Å². The standard InChI is InChI=1S/C15H24O/c1-10(2)12-7-9-15(4)8-5-6-11(3)13(15)14(12)16/h6,10,12-13H,5,7-9H2,1-4H3. The van der Waals surface area contributed by atoms with E-state index in [1.54, 1.807) is 0 Å². The number of fused-ring (bicyclic) bond motifs is 1. The second kappa shape index (κ2) is 4.01. The Balaban J connectivity index is 2.31. The van der Waals surface area contributed by atoms with Gasteiger partial charge in [-0.2, -0.15) is 0 Å². The molecule has 2 rings (SSSR count). The average Bonchev–Trinajstić information content (AvgIpc) is 2.16. The van der Waals surface area contributed by atoms with Gasteiger partial charge in [-0.15, -0.1) is 0 Å². The molecule has 0 aromatic heterocycles. The van der Waals surface area contributed by atoms with E-state index in [2.05, 4.69) is 33.8 Å². The fourth-order valence-electron chi connectivity index (χ4n) is 3.78. The molecule has 0 amide bonds. The summed E-state index contributed by atoms with van der Waals surface area (Å²) in [6.45, 7) is 8.85. The van der Waals surface area contributed by atoms with Gasteiger partial charge in [0.25, 0.3) is 0 Å². The number of ketones is 1. The van der Waals surface area contributed by atoms with Crippen molar-refractivity contribution in [2.24, 2.45) is 23.2 Å².